The van der Waals surface area contributed by atoms with Gasteiger partial charge < -0.3 is 9.47 Å². The summed E-state index contributed by atoms with van der Waals surface area (Å²) in [5, 5.41) is 0. The molecule has 0 saturated heterocycles. The summed E-state index contributed by atoms with van der Waals surface area (Å²) in [7, 11) is 0. The van der Waals surface area contributed by atoms with Gasteiger partial charge in [-0.05, 0) is 46.6 Å². The predicted octanol–water partition coefficient (Wildman–Crippen LogP) is 3.30. The molecule has 2 aromatic rings. The van der Waals surface area contributed by atoms with Crippen LogP contribution in [0.15, 0.2) is 60.7 Å². The Kier molecular flexibility index (Phi) is 3.16. The summed E-state index contributed by atoms with van der Waals surface area (Å²) in [5.74, 6) is 2.37. The SMILES string of the molecule is O=C(OCCc1ccccc1)C12C3C1C1C4C2C3C41C(=O)OCCc1ccccc1. The summed E-state index contributed by atoms with van der Waals surface area (Å²) >= 11 is 0. The summed E-state index contributed by atoms with van der Waals surface area (Å²) in [6, 6.07) is 20.3. The van der Waals surface area contributed by atoms with Crippen molar-refractivity contribution in [3.8, 4) is 0 Å². The summed E-state index contributed by atoms with van der Waals surface area (Å²) in [4.78, 5) is 25.8. The highest BCUT2D eigenvalue weighted by atomic mass is 16.5. The third-order valence-electron chi connectivity index (χ3n) is 9.05. The fourth-order valence-electron chi connectivity index (χ4n) is 8.18. The van der Waals surface area contributed by atoms with E-state index >= 15 is 0 Å². The first-order chi connectivity index (χ1) is 14.7. The lowest BCUT2D eigenvalue weighted by molar-refractivity contribution is -0.193. The van der Waals surface area contributed by atoms with E-state index < -0.39 is 0 Å². The summed E-state index contributed by atoms with van der Waals surface area (Å²) in [6.45, 7) is 0.896. The normalized spacial score (nSPS) is 41.7. The van der Waals surface area contributed by atoms with Gasteiger partial charge in [0.05, 0.1) is 24.0 Å². The molecule has 30 heavy (non-hydrogen) atoms. The van der Waals surface area contributed by atoms with Crippen molar-refractivity contribution in [3.63, 3.8) is 0 Å². The van der Waals surface area contributed by atoms with Gasteiger partial charge in [-0.3, -0.25) is 9.59 Å². The van der Waals surface area contributed by atoms with E-state index in [1.807, 2.05) is 36.4 Å². The molecule has 6 aliphatic rings. The average Bonchev–Trinajstić information content (AvgIpc) is 3.51. The maximum Gasteiger partial charge on any atom is 0.312 e. The Morgan fingerprint density at radius 2 is 0.933 bits per heavy atom. The largest absolute Gasteiger partial charge is 0.465 e. The van der Waals surface area contributed by atoms with Crippen LogP contribution in [0.5, 0.6) is 0 Å². The van der Waals surface area contributed by atoms with E-state index in [0.29, 0.717) is 48.7 Å². The van der Waals surface area contributed by atoms with E-state index in [2.05, 4.69) is 24.3 Å². The first-order valence-corrected chi connectivity index (χ1v) is 11.2. The van der Waals surface area contributed by atoms with Crippen molar-refractivity contribution in [2.45, 2.75) is 12.8 Å². The Labute approximate surface area is 175 Å². The molecule has 6 aliphatic carbocycles. The van der Waals surface area contributed by atoms with Crippen molar-refractivity contribution in [1.29, 1.82) is 0 Å². The minimum Gasteiger partial charge on any atom is -0.465 e. The molecule has 8 rings (SSSR count). The molecule has 0 radical (unpaired) electrons. The van der Waals surface area contributed by atoms with Gasteiger partial charge in [0.2, 0.25) is 0 Å². The Bertz CT molecular complexity index is 940. The molecule has 152 valence electrons. The third kappa shape index (κ3) is 1.73. The maximum atomic E-state index is 12.9. The molecule has 4 nitrogen and oxygen atoms in total. The van der Waals surface area contributed by atoms with E-state index in [4.69, 9.17) is 9.47 Å². The van der Waals surface area contributed by atoms with Crippen LogP contribution in [0.2, 0.25) is 0 Å². The third-order valence-corrected chi connectivity index (χ3v) is 9.05. The van der Waals surface area contributed by atoms with Gasteiger partial charge in [-0.1, -0.05) is 60.7 Å². The topological polar surface area (TPSA) is 52.6 Å². The van der Waals surface area contributed by atoms with Gasteiger partial charge in [0.25, 0.3) is 0 Å². The highest BCUT2D eigenvalue weighted by Gasteiger charge is 3.13. The number of benzene rings is 2. The maximum absolute atomic E-state index is 12.9. The minimum absolute atomic E-state index is 0.00734. The molecule has 4 heteroatoms. The molecular weight excluding hydrogens is 376 g/mol. The van der Waals surface area contributed by atoms with Gasteiger partial charge in [-0.25, -0.2) is 0 Å². The van der Waals surface area contributed by atoms with Crippen molar-refractivity contribution in [2.24, 2.45) is 46.3 Å². The number of carbonyl (C=O) groups excluding carboxylic acids is 2. The molecule has 0 aliphatic heterocycles. The van der Waals surface area contributed by atoms with Crippen LogP contribution in [0.3, 0.4) is 0 Å². The van der Waals surface area contributed by atoms with Gasteiger partial charge in [-0.15, -0.1) is 0 Å². The molecular formula is C26H24O4. The van der Waals surface area contributed by atoms with Crippen molar-refractivity contribution < 1.29 is 19.1 Å². The molecule has 0 N–H and O–H groups in total. The van der Waals surface area contributed by atoms with Crippen molar-refractivity contribution >= 4 is 11.9 Å². The predicted molar refractivity (Wildman–Crippen MR) is 108 cm³/mol. The molecule has 0 spiro atoms. The Morgan fingerprint density at radius 3 is 1.27 bits per heavy atom. The number of hydrogen-bond donors (Lipinski definition) is 0. The zero-order chi connectivity index (χ0) is 20.1. The van der Waals surface area contributed by atoms with Crippen molar-refractivity contribution in [1.82, 2.24) is 0 Å². The number of carbonyl (C=O) groups is 2. The number of rotatable bonds is 8. The first kappa shape index (κ1) is 17.1. The van der Waals surface area contributed by atoms with Gasteiger partial charge in [0.1, 0.15) is 0 Å². The number of esters is 2. The van der Waals surface area contributed by atoms with Crippen molar-refractivity contribution in [2.75, 3.05) is 13.2 Å². The Balaban J connectivity index is 0.949. The fraction of sp³-hybridized carbons (Fsp3) is 0.462. The highest BCUT2D eigenvalue weighted by Crippen LogP contribution is 3.10. The molecule has 0 heterocycles. The van der Waals surface area contributed by atoms with E-state index in [-0.39, 0.29) is 22.8 Å². The molecule has 0 bridgehead atoms. The van der Waals surface area contributed by atoms with Crippen LogP contribution < -0.4 is 0 Å². The number of ether oxygens (including phenoxy) is 2. The second-order valence-corrected chi connectivity index (χ2v) is 9.76. The van der Waals surface area contributed by atoms with Gasteiger partial charge >= 0.3 is 11.9 Å². The van der Waals surface area contributed by atoms with Crippen LogP contribution in [-0.4, -0.2) is 25.2 Å². The molecule has 6 fully saturated rings. The molecule has 6 saturated carbocycles. The molecule has 2 aromatic carbocycles. The average molecular weight is 400 g/mol. The minimum atomic E-state index is -0.219. The van der Waals surface area contributed by atoms with Crippen LogP contribution in [0.4, 0.5) is 0 Å². The zero-order valence-electron chi connectivity index (χ0n) is 16.7. The van der Waals surface area contributed by atoms with E-state index in [9.17, 15) is 9.59 Å². The van der Waals surface area contributed by atoms with E-state index in [1.165, 1.54) is 11.1 Å². The molecule has 0 aromatic heterocycles. The van der Waals surface area contributed by atoms with Gasteiger partial charge in [-0.2, -0.15) is 0 Å². The lowest BCUT2D eigenvalue weighted by Gasteiger charge is -2.54. The summed E-state index contributed by atoms with van der Waals surface area (Å²) in [6.07, 6.45) is 1.52. The molecule has 0 amide bonds. The highest BCUT2D eigenvalue weighted by molar-refractivity contribution is 5.96. The number of hydrogen-bond acceptors (Lipinski definition) is 4. The van der Waals surface area contributed by atoms with E-state index in [0.717, 1.165) is 12.8 Å². The lowest BCUT2D eigenvalue weighted by Crippen LogP contribution is -2.60. The smallest absolute Gasteiger partial charge is 0.312 e. The van der Waals surface area contributed by atoms with Crippen molar-refractivity contribution in [3.05, 3.63) is 71.8 Å². The lowest BCUT2D eigenvalue weighted by atomic mass is 9.47. The molecule has 0 unspecified atom stereocenters. The zero-order valence-corrected chi connectivity index (χ0v) is 16.7. The molecule has 0 atom stereocenters. The van der Waals surface area contributed by atoms with Crippen LogP contribution in [0, 0.1) is 46.3 Å². The van der Waals surface area contributed by atoms with E-state index in [1.54, 1.807) is 0 Å². The monoisotopic (exact) mass is 400 g/mol. The van der Waals surface area contributed by atoms with Crippen LogP contribution >= 0.6 is 0 Å². The van der Waals surface area contributed by atoms with Crippen LogP contribution in [0.25, 0.3) is 0 Å². The van der Waals surface area contributed by atoms with Gasteiger partial charge in [0.15, 0.2) is 0 Å². The first-order valence-electron chi connectivity index (χ1n) is 11.2. The second kappa shape index (κ2) is 5.54. The summed E-state index contributed by atoms with van der Waals surface area (Å²) < 4.78 is 11.4. The van der Waals surface area contributed by atoms with Gasteiger partial charge in [0, 0.05) is 12.8 Å². The Hall–Kier alpha value is -2.62. The quantitative estimate of drug-likeness (QED) is 0.638. The Morgan fingerprint density at radius 1 is 0.600 bits per heavy atom. The van der Waals surface area contributed by atoms with Crippen LogP contribution in [0.1, 0.15) is 11.1 Å². The van der Waals surface area contributed by atoms with Crippen LogP contribution in [-0.2, 0) is 31.9 Å². The summed E-state index contributed by atoms with van der Waals surface area (Å²) in [5.41, 5.74) is 1.94. The second-order valence-electron chi connectivity index (χ2n) is 9.76. The standard InChI is InChI=1S/C26H24O4/c27-23(29-13-11-15-7-3-1-4-8-15)25-17-19(25)20-18-21(25)22(17)26(18,20)24(28)30-14-12-16-9-5-2-6-10-16/h1-10,17-22H,11-14H2. The fourth-order valence-corrected chi connectivity index (χ4v) is 8.18.